The highest BCUT2D eigenvalue weighted by Crippen LogP contribution is 2.37. The summed E-state index contributed by atoms with van der Waals surface area (Å²) in [6, 6.07) is 9.08. The fourth-order valence-corrected chi connectivity index (χ4v) is 4.86. The highest BCUT2D eigenvalue weighted by atomic mass is 19.1. The Morgan fingerprint density at radius 3 is 2.31 bits per heavy atom. The van der Waals surface area contributed by atoms with Crippen molar-refractivity contribution in [2.24, 2.45) is 11.8 Å². The highest BCUT2D eigenvalue weighted by molar-refractivity contribution is 5.20. The molecular formula is C26H34FNO. The molecule has 0 unspecified atom stereocenters. The first-order chi connectivity index (χ1) is 14.2. The first-order valence-corrected chi connectivity index (χ1v) is 11.3. The van der Waals surface area contributed by atoms with E-state index in [9.17, 15) is 4.39 Å². The lowest BCUT2D eigenvalue weighted by Crippen LogP contribution is -2.25. The van der Waals surface area contributed by atoms with Crippen LogP contribution in [0, 0.1) is 29.0 Å². The van der Waals surface area contributed by atoms with Crippen LogP contribution in [-0.4, -0.2) is 12.7 Å². The van der Waals surface area contributed by atoms with E-state index >= 15 is 0 Å². The van der Waals surface area contributed by atoms with Crippen LogP contribution in [-0.2, 0) is 4.74 Å². The maximum absolute atomic E-state index is 13.1. The third kappa shape index (κ3) is 7.44. The Labute approximate surface area is 175 Å². The Balaban J connectivity index is 1.27. The summed E-state index contributed by atoms with van der Waals surface area (Å²) in [5.41, 5.74) is 1.29. The molecule has 0 N–H and O–H groups in total. The molecule has 1 aromatic rings. The first-order valence-electron chi connectivity index (χ1n) is 11.3. The quantitative estimate of drug-likeness (QED) is 0.348. The Kier molecular flexibility index (Phi) is 8.96. The standard InChI is InChI=1S/C26H34FNO/c27-25-15-13-24(14-16-25)23-11-7-22(8-12-23)20-29-26-17-9-21(10-18-26)6-4-2-1-3-5-19-28/h1-3,5,13-16,21-23,26H,4,6-12,17-18,20H2/t21-,22-,23-,26-. The Hall–Kier alpha value is -1.92. The number of rotatable bonds is 8. The SMILES string of the molecule is N#CC=CC=CCC[C@H]1CC[C@H](OC[C@H]2CC[C@H](c3ccc(F)cc3)CC2)CC1. The predicted molar refractivity (Wildman–Crippen MR) is 116 cm³/mol. The van der Waals surface area contributed by atoms with Crippen molar-refractivity contribution in [1.82, 2.24) is 0 Å². The third-order valence-electron chi connectivity index (χ3n) is 6.71. The van der Waals surface area contributed by atoms with Gasteiger partial charge in [-0.3, -0.25) is 0 Å². The fourth-order valence-electron chi connectivity index (χ4n) is 4.86. The number of hydrogen-bond acceptors (Lipinski definition) is 2. The van der Waals surface area contributed by atoms with E-state index in [0.29, 0.717) is 17.9 Å². The average molecular weight is 396 g/mol. The summed E-state index contributed by atoms with van der Waals surface area (Å²) in [7, 11) is 0. The van der Waals surface area contributed by atoms with Gasteiger partial charge >= 0.3 is 0 Å². The average Bonchev–Trinajstić information content (AvgIpc) is 2.76. The van der Waals surface area contributed by atoms with Gasteiger partial charge in [-0.15, -0.1) is 0 Å². The van der Waals surface area contributed by atoms with Gasteiger partial charge < -0.3 is 4.74 Å². The number of benzene rings is 1. The topological polar surface area (TPSA) is 33.0 Å². The number of nitrogens with zero attached hydrogens (tertiary/aromatic N) is 1. The molecule has 3 heteroatoms. The molecule has 156 valence electrons. The minimum atomic E-state index is -0.144. The van der Waals surface area contributed by atoms with E-state index in [2.05, 4.69) is 6.08 Å². The molecule has 2 fully saturated rings. The molecule has 0 amide bonds. The van der Waals surface area contributed by atoms with Crippen molar-refractivity contribution in [2.75, 3.05) is 6.61 Å². The molecule has 0 heterocycles. The van der Waals surface area contributed by atoms with Gasteiger partial charge in [0.1, 0.15) is 5.82 Å². The molecule has 3 rings (SSSR count). The highest BCUT2D eigenvalue weighted by Gasteiger charge is 2.25. The maximum Gasteiger partial charge on any atom is 0.123 e. The second-order valence-electron chi connectivity index (χ2n) is 8.74. The molecule has 0 aliphatic heterocycles. The Morgan fingerprint density at radius 1 is 0.931 bits per heavy atom. The van der Waals surface area contributed by atoms with Gasteiger partial charge in [-0.1, -0.05) is 30.4 Å². The lowest BCUT2D eigenvalue weighted by atomic mass is 9.79. The number of nitriles is 1. The number of ether oxygens (including phenoxy) is 1. The van der Waals surface area contributed by atoms with E-state index in [4.69, 9.17) is 10.00 Å². The summed E-state index contributed by atoms with van der Waals surface area (Å²) < 4.78 is 19.4. The molecule has 1 aromatic carbocycles. The molecule has 2 aliphatic rings. The van der Waals surface area contributed by atoms with E-state index in [-0.39, 0.29) is 5.82 Å². The molecule has 0 aromatic heterocycles. The zero-order valence-electron chi connectivity index (χ0n) is 17.4. The molecule has 2 aliphatic carbocycles. The van der Waals surface area contributed by atoms with Crippen molar-refractivity contribution in [3.8, 4) is 6.07 Å². The molecule has 2 nitrogen and oxygen atoms in total. The van der Waals surface area contributed by atoms with Crippen LogP contribution in [0.1, 0.15) is 75.7 Å². The van der Waals surface area contributed by atoms with E-state index in [1.807, 2.05) is 24.3 Å². The Bertz CT molecular complexity index is 686. The van der Waals surface area contributed by atoms with E-state index in [1.165, 1.54) is 69.4 Å². The van der Waals surface area contributed by atoms with Crippen LogP contribution in [0.5, 0.6) is 0 Å². The summed E-state index contributed by atoms with van der Waals surface area (Å²) in [4.78, 5) is 0. The van der Waals surface area contributed by atoms with Gasteiger partial charge in [-0.05, 0) is 99.7 Å². The van der Waals surface area contributed by atoms with Crippen molar-refractivity contribution in [3.05, 3.63) is 60.0 Å². The molecule has 0 spiro atoms. The van der Waals surface area contributed by atoms with Crippen LogP contribution in [0.3, 0.4) is 0 Å². The lowest BCUT2D eigenvalue weighted by molar-refractivity contribution is -0.00824. The molecule has 2 saturated carbocycles. The minimum absolute atomic E-state index is 0.144. The number of halogens is 1. The van der Waals surface area contributed by atoms with Crippen LogP contribution in [0.2, 0.25) is 0 Å². The minimum Gasteiger partial charge on any atom is -0.378 e. The van der Waals surface area contributed by atoms with Crippen molar-refractivity contribution in [1.29, 1.82) is 5.26 Å². The largest absolute Gasteiger partial charge is 0.378 e. The second kappa shape index (κ2) is 11.9. The van der Waals surface area contributed by atoms with Gasteiger partial charge in [0.25, 0.3) is 0 Å². The van der Waals surface area contributed by atoms with Crippen molar-refractivity contribution >= 4 is 0 Å². The van der Waals surface area contributed by atoms with Gasteiger partial charge in [0.05, 0.1) is 12.2 Å². The van der Waals surface area contributed by atoms with Crippen LogP contribution in [0.4, 0.5) is 4.39 Å². The molecule has 0 atom stereocenters. The molecular weight excluding hydrogens is 361 g/mol. The summed E-state index contributed by atoms with van der Waals surface area (Å²) in [6.45, 7) is 0.916. The zero-order valence-corrected chi connectivity index (χ0v) is 17.4. The monoisotopic (exact) mass is 395 g/mol. The normalized spacial score (nSPS) is 28.0. The maximum atomic E-state index is 13.1. The summed E-state index contributed by atoms with van der Waals surface area (Å²) in [5, 5.41) is 8.45. The zero-order chi connectivity index (χ0) is 20.3. The molecule has 0 bridgehead atoms. The van der Waals surface area contributed by atoms with E-state index in [0.717, 1.165) is 18.9 Å². The van der Waals surface area contributed by atoms with Crippen LogP contribution < -0.4 is 0 Å². The smallest absolute Gasteiger partial charge is 0.123 e. The lowest BCUT2D eigenvalue weighted by Gasteiger charge is -2.32. The van der Waals surface area contributed by atoms with Crippen molar-refractivity contribution < 1.29 is 9.13 Å². The van der Waals surface area contributed by atoms with Crippen molar-refractivity contribution in [2.45, 2.75) is 76.2 Å². The van der Waals surface area contributed by atoms with Gasteiger partial charge in [0, 0.05) is 12.7 Å². The van der Waals surface area contributed by atoms with Gasteiger partial charge in [0.15, 0.2) is 0 Å². The second-order valence-corrected chi connectivity index (χ2v) is 8.74. The fraction of sp³-hybridized carbons (Fsp3) is 0.577. The van der Waals surface area contributed by atoms with E-state index < -0.39 is 0 Å². The third-order valence-corrected chi connectivity index (χ3v) is 6.71. The Morgan fingerprint density at radius 2 is 1.62 bits per heavy atom. The van der Waals surface area contributed by atoms with Crippen LogP contribution in [0.25, 0.3) is 0 Å². The summed E-state index contributed by atoms with van der Waals surface area (Å²) >= 11 is 0. The van der Waals surface area contributed by atoms with Crippen molar-refractivity contribution in [3.63, 3.8) is 0 Å². The van der Waals surface area contributed by atoms with E-state index in [1.54, 1.807) is 18.2 Å². The van der Waals surface area contributed by atoms with Gasteiger partial charge in [0.2, 0.25) is 0 Å². The van der Waals surface area contributed by atoms with Crippen LogP contribution >= 0.6 is 0 Å². The summed E-state index contributed by atoms with van der Waals surface area (Å²) in [5.74, 6) is 1.96. The summed E-state index contributed by atoms with van der Waals surface area (Å²) in [6.07, 6.45) is 20.1. The molecule has 0 radical (unpaired) electrons. The first kappa shape index (κ1) is 21.8. The molecule has 29 heavy (non-hydrogen) atoms. The van der Waals surface area contributed by atoms with Gasteiger partial charge in [-0.25, -0.2) is 4.39 Å². The predicted octanol–water partition coefficient (Wildman–Crippen LogP) is 7.09. The van der Waals surface area contributed by atoms with Crippen LogP contribution in [0.15, 0.2) is 48.6 Å². The molecule has 0 saturated heterocycles. The van der Waals surface area contributed by atoms with Gasteiger partial charge in [-0.2, -0.15) is 5.26 Å². The number of hydrogen-bond donors (Lipinski definition) is 0. The number of allylic oxidation sites excluding steroid dienone is 4.